The molecule has 0 fully saturated rings. The third-order valence-electron chi connectivity index (χ3n) is 4.02. The van der Waals surface area contributed by atoms with Crippen LogP contribution in [0.1, 0.15) is 31.1 Å². The Morgan fingerprint density at radius 1 is 1.04 bits per heavy atom. The number of nitrogens with zero attached hydrogens (tertiary/aromatic N) is 1. The summed E-state index contributed by atoms with van der Waals surface area (Å²) in [7, 11) is 0. The zero-order valence-electron chi connectivity index (χ0n) is 16.0. The number of carbonyl (C=O) groups is 2. The van der Waals surface area contributed by atoms with Gasteiger partial charge in [0.1, 0.15) is 0 Å². The van der Waals surface area contributed by atoms with Gasteiger partial charge in [-0.3, -0.25) is 9.59 Å². The zero-order chi connectivity index (χ0) is 20.3. The summed E-state index contributed by atoms with van der Waals surface area (Å²) in [4.78, 5) is 29.5. The van der Waals surface area contributed by atoms with E-state index < -0.39 is 0 Å². The molecule has 0 spiro atoms. The van der Waals surface area contributed by atoms with Crippen LogP contribution in [-0.2, 0) is 4.79 Å². The second kappa shape index (κ2) is 7.98. The van der Waals surface area contributed by atoms with Gasteiger partial charge in [-0.1, -0.05) is 41.9 Å². The van der Waals surface area contributed by atoms with Crippen molar-refractivity contribution in [3.63, 3.8) is 0 Å². The lowest BCUT2D eigenvalue weighted by atomic mass is 10.0. The van der Waals surface area contributed by atoms with Crippen molar-refractivity contribution in [2.45, 2.75) is 26.3 Å². The molecule has 0 aliphatic rings. The molecule has 0 radical (unpaired) electrons. The minimum atomic E-state index is -0.354. The number of hydrogen-bond acceptors (Lipinski definition) is 3. The molecule has 0 aliphatic heterocycles. The van der Waals surface area contributed by atoms with Crippen LogP contribution in [0.2, 0.25) is 5.02 Å². The molecule has 1 heterocycles. The van der Waals surface area contributed by atoms with Crippen LogP contribution in [0, 0.1) is 0 Å². The summed E-state index contributed by atoms with van der Waals surface area (Å²) in [6.45, 7) is 5.58. The van der Waals surface area contributed by atoms with Crippen molar-refractivity contribution in [1.29, 1.82) is 0 Å². The maximum Gasteiger partial charge on any atom is 0.252 e. The second-order valence-electron chi connectivity index (χ2n) is 7.56. The van der Waals surface area contributed by atoms with Gasteiger partial charge in [-0.05, 0) is 45.0 Å². The molecular formula is C22H22ClN3O2. The second-order valence-corrected chi connectivity index (χ2v) is 8.00. The fourth-order valence-electron chi connectivity index (χ4n) is 2.85. The van der Waals surface area contributed by atoms with E-state index in [0.717, 1.165) is 10.9 Å². The van der Waals surface area contributed by atoms with E-state index in [0.29, 0.717) is 21.8 Å². The lowest BCUT2D eigenvalue weighted by Gasteiger charge is -2.20. The molecular weight excluding hydrogens is 374 g/mol. The lowest BCUT2D eigenvalue weighted by molar-refractivity contribution is -0.121. The number of carbonyl (C=O) groups excluding carboxylic acids is 2. The molecule has 2 aromatic carbocycles. The molecule has 28 heavy (non-hydrogen) atoms. The van der Waals surface area contributed by atoms with E-state index >= 15 is 0 Å². The van der Waals surface area contributed by atoms with Gasteiger partial charge in [0.25, 0.3) is 5.91 Å². The van der Waals surface area contributed by atoms with Gasteiger partial charge < -0.3 is 10.6 Å². The number of para-hydroxylation sites is 1. The Morgan fingerprint density at radius 3 is 2.39 bits per heavy atom. The number of pyridine rings is 1. The predicted octanol–water partition coefficient (Wildman–Crippen LogP) is 4.20. The van der Waals surface area contributed by atoms with E-state index in [1.807, 2.05) is 57.2 Å². The number of hydrogen-bond donors (Lipinski definition) is 2. The Bertz CT molecular complexity index is 1020. The Balaban J connectivity index is 1.91. The molecule has 0 saturated heterocycles. The first kappa shape index (κ1) is 19.8. The van der Waals surface area contributed by atoms with Crippen LogP contribution >= 0.6 is 11.6 Å². The van der Waals surface area contributed by atoms with E-state index in [1.54, 1.807) is 18.2 Å². The van der Waals surface area contributed by atoms with Crippen molar-refractivity contribution in [2.75, 3.05) is 6.54 Å². The molecule has 0 aliphatic carbocycles. The fraction of sp³-hybridized carbons (Fsp3) is 0.227. The summed E-state index contributed by atoms with van der Waals surface area (Å²) in [5.74, 6) is -0.560. The van der Waals surface area contributed by atoms with Gasteiger partial charge in [0.15, 0.2) is 0 Å². The molecule has 144 valence electrons. The monoisotopic (exact) mass is 395 g/mol. The highest BCUT2D eigenvalue weighted by atomic mass is 35.5. The Labute approximate surface area is 169 Å². The van der Waals surface area contributed by atoms with Gasteiger partial charge in [-0.2, -0.15) is 0 Å². The standard InChI is InChI=1S/C22H22ClN3O2/c1-22(2,3)26-20(27)13-24-21(28)17-12-19(14-8-10-15(23)11-9-14)25-18-7-5-4-6-16(17)18/h4-12H,13H2,1-3H3,(H,24,28)(H,26,27). The summed E-state index contributed by atoms with van der Waals surface area (Å²) in [6.07, 6.45) is 0. The summed E-state index contributed by atoms with van der Waals surface area (Å²) in [5.41, 5.74) is 2.35. The third kappa shape index (κ3) is 4.87. The van der Waals surface area contributed by atoms with Gasteiger partial charge in [0.2, 0.25) is 5.91 Å². The van der Waals surface area contributed by atoms with E-state index in [2.05, 4.69) is 15.6 Å². The molecule has 5 nitrogen and oxygen atoms in total. The summed E-state index contributed by atoms with van der Waals surface area (Å²) in [5, 5.41) is 6.89. The summed E-state index contributed by atoms with van der Waals surface area (Å²) in [6, 6.07) is 16.5. The zero-order valence-corrected chi connectivity index (χ0v) is 16.8. The van der Waals surface area contributed by atoms with E-state index in [9.17, 15) is 9.59 Å². The maximum absolute atomic E-state index is 12.8. The van der Waals surface area contributed by atoms with Gasteiger partial charge in [0.05, 0.1) is 23.3 Å². The Hall–Kier alpha value is -2.92. The molecule has 2 amide bonds. The highest BCUT2D eigenvalue weighted by Crippen LogP contribution is 2.25. The minimum Gasteiger partial charge on any atom is -0.350 e. The largest absolute Gasteiger partial charge is 0.350 e. The molecule has 0 unspecified atom stereocenters. The summed E-state index contributed by atoms with van der Waals surface area (Å²) >= 11 is 5.97. The lowest BCUT2D eigenvalue weighted by Crippen LogP contribution is -2.45. The number of rotatable bonds is 4. The van der Waals surface area contributed by atoms with Crippen molar-refractivity contribution >= 4 is 34.3 Å². The first-order valence-corrected chi connectivity index (χ1v) is 9.36. The number of aromatic nitrogens is 1. The number of amides is 2. The maximum atomic E-state index is 12.8. The SMILES string of the molecule is CC(C)(C)NC(=O)CNC(=O)c1cc(-c2ccc(Cl)cc2)nc2ccccc12. The normalized spacial score (nSPS) is 11.3. The number of halogens is 1. The van der Waals surface area contributed by atoms with Gasteiger partial charge in [-0.15, -0.1) is 0 Å². The number of fused-ring (bicyclic) bond motifs is 1. The van der Waals surface area contributed by atoms with Crippen LogP contribution in [0.4, 0.5) is 0 Å². The summed E-state index contributed by atoms with van der Waals surface area (Å²) < 4.78 is 0. The molecule has 3 aromatic rings. The predicted molar refractivity (Wildman–Crippen MR) is 112 cm³/mol. The number of benzene rings is 2. The van der Waals surface area contributed by atoms with E-state index in [4.69, 9.17) is 11.6 Å². The van der Waals surface area contributed by atoms with Crippen LogP contribution < -0.4 is 10.6 Å². The molecule has 6 heteroatoms. The van der Waals surface area contributed by atoms with Crippen LogP contribution in [0.3, 0.4) is 0 Å². The smallest absolute Gasteiger partial charge is 0.252 e. The first-order chi connectivity index (χ1) is 13.2. The Kier molecular flexibility index (Phi) is 5.66. The van der Waals surface area contributed by atoms with Gasteiger partial charge in [-0.25, -0.2) is 4.98 Å². The average Bonchev–Trinajstić information content (AvgIpc) is 2.64. The van der Waals surface area contributed by atoms with Crippen molar-refractivity contribution in [3.8, 4) is 11.3 Å². The van der Waals surface area contributed by atoms with E-state index in [-0.39, 0.29) is 23.9 Å². The van der Waals surface area contributed by atoms with Crippen LogP contribution in [0.15, 0.2) is 54.6 Å². The molecule has 0 atom stereocenters. The van der Waals surface area contributed by atoms with Crippen molar-refractivity contribution in [3.05, 3.63) is 65.2 Å². The topological polar surface area (TPSA) is 71.1 Å². The fourth-order valence-corrected chi connectivity index (χ4v) is 2.98. The Morgan fingerprint density at radius 2 is 1.71 bits per heavy atom. The molecule has 1 aromatic heterocycles. The van der Waals surface area contributed by atoms with Gasteiger partial charge in [0, 0.05) is 21.5 Å². The molecule has 0 bridgehead atoms. The average molecular weight is 396 g/mol. The third-order valence-corrected chi connectivity index (χ3v) is 4.28. The highest BCUT2D eigenvalue weighted by Gasteiger charge is 2.17. The van der Waals surface area contributed by atoms with Crippen LogP contribution in [-0.4, -0.2) is 28.9 Å². The van der Waals surface area contributed by atoms with Crippen molar-refractivity contribution in [1.82, 2.24) is 15.6 Å². The van der Waals surface area contributed by atoms with Crippen molar-refractivity contribution < 1.29 is 9.59 Å². The first-order valence-electron chi connectivity index (χ1n) is 8.98. The van der Waals surface area contributed by atoms with Crippen molar-refractivity contribution in [2.24, 2.45) is 0 Å². The van der Waals surface area contributed by atoms with Crippen LogP contribution in [0.5, 0.6) is 0 Å². The van der Waals surface area contributed by atoms with E-state index in [1.165, 1.54) is 0 Å². The van der Waals surface area contributed by atoms with Gasteiger partial charge >= 0.3 is 0 Å². The van der Waals surface area contributed by atoms with Crippen LogP contribution in [0.25, 0.3) is 22.2 Å². The molecule has 0 saturated carbocycles. The minimum absolute atomic E-state index is 0.0942. The molecule has 3 rings (SSSR count). The quantitative estimate of drug-likeness (QED) is 0.695. The molecule has 2 N–H and O–H groups in total. The number of nitrogens with one attached hydrogen (secondary N) is 2. The highest BCUT2D eigenvalue weighted by molar-refractivity contribution is 6.30.